The van der Waals surface area contributed by atoms with Gasteiger partial charge in [-0.3, -0.25) is 4.99 Å². The van der Waals surface area contributed by atoms with Crippen LogP contribution in [-0.4, -0.2) is 18.2 Å². The lowest BCUT2D eigenvalue weighted by Crippen LogP contribution is -2.33. The Bertz CT molecular complexity index is 597. The van der Waals surface area contributed by atoms with Gasteiger partial charge in [-0.1, -0.05) is 48.5 Å². The minimum absolute atomic E-state index is 0.328. The predicted octanol–water partition coefficient (Wildman–Crippen LogP) is 4.12. The molecule has 0 amide bonds. The zero-order valence-electron chi connectivity index (χ0n) is 11.5. The standard InChI is InChI=1S/C17H17NOS/c1-14-18-12-17(19-14,15-8-4-2-5-9-15)13-20-16-10-6-3-7-11-16/h2-11H,12-13H2,1H3. The van der Waals surface area contributed by atoms with Gasteiger partial charge in [-0.25, -0.2) is 0 Å². The average molecular weight is 283 g/mol. The van der Waals surface area contributed by atoms with Gasteiger partial charge >= 0.3 is 0 Å². The molecule has 3 heteroatoms. The fourth-order valence-electron chi connectivity index (χ4n) is 2.35. The van der Waals surface area contributed by atoms with E-state index in [2.05, 4.69) is 53.5 Å². The van der Waals surface area contributed by atoms with Crippen molar-refractivity contribution in [1.82, 2.24) is 0 Å². The number of rotatable bonds is 4. The molecule has 0 fully saturated rings. The van der Waals surface area contributed by atoms with Crippen molar-refractivity contribution in [1.29, 1.82) is 0 Å². The zero-order valence-corrected chi connectivity index (χ0v) is 12.3. The highest BCUT2D eigenvalue weighted by Gasteiger charge is 2.38. The molecular weight excluding hydrogens is 266 g/mol. The molecule has 1 aliphatic rings. The first-order valence-electron chi connectivity index (χ1n) is 6.72. The number of benzene rings is 2. The van der Waals surface area contributed by atoms with Crippen LogP contribution in [0.25, 0.3) is 0 Å². The first-order chi connectivity index (χ1) is 9.78. The van der Waals surface area contributed by atoms with Crippen LogP contribution in [0.4, 0.5) is 0 Å². The fraction of sp³-hybridized carbons (Fsp3) is 0.235. The Labute approximate surface area is 123 Å². The lowest BCUT2D eigenvalue weighted by molar-refractivity contribution is 0.112. The smallest absolute Gasteiger partial charge is 0.181 e. The van der Waals surface area contributed by atoms with Crippen molar-refractivity contribution in [2.24, 2.45) is 4.99 Å². The Balaban J connectivity index is 1.81. The highest BCUT2D eigenvalue weighted by Crippen LogP contribution is 2.36. The van der Waals surface area contributed by atoms with Crippen molar-refractivity contribution < 1.29 is 4.74 Å². The van der Waals surface area contributed by atoms with E-state index < -0.39 is 0 Å². The van der Waals surface area contributed by atoms with Gasteiger partial charge in [-0.15, -0.1) is 11.8 Å². The molecule has 2 nitrogen and oxygen atoms in total. The summed E-state index contributed by atoms with van der Waals surface area (Å²) in [6.07, 6.45) is 0. The van der Waals surface area contributed by atoms with Crippen LogP contribution in [0.15, 0.2) is 70.6 Å². The van der Waals surface area contributed by atoms with Gasteiger partial charge in [0.2, 0.25) is 0 Å². The molecule has 0 saturated carbocycles. The van der Waals surface area contributed by atoms with Gasteiger partial charge in [0.05, 0.1) is 6.54 Å². The molecule has 0 N–H and O–H groups in total. The third-order valence-electron chi connectivity index (χ3n) is 3.42. The maximum Gasteiger partial charge on any atom is 0.181 e. The van der Waals surface area contributed by atoms with E-state index >= 15 is 0 Å². The van der Waals surface area contributed by atoms with Crippen molar-refractivity contribution >= 4 is 17.7 Å². The number of hydrogen-bond donors (Lipinski definition) is 0. The number of ether oxygens (including phenoxy) is 1. The minimum Gasteiger partial charge on any atom is -0.467 e. The van der Waals surface area contributed by atoms with Crippen LogP contribution in [0.5, 0.6) is 0 Å². The SMILES string of the molecule is CC1=NCC(CSc2ccccc2)(c2ccccc2)O1. The molecule has 20 heavy (non-hydrogen) atoms. The molecule has 1 aliphatic heterocycles. The minimum atomic E-state index is -0.328. The lowest BCUT2D eigenvalue weighted by atomic mass is 9.96. The molecule has 0 spiro atoms. The fourth-order valence-corrected chi connectivity index (χ4v) is 3.42. The van der Waals surface area contributed by atoms with Gasteiger partial charge < -0.3 is 4.74 Å². The second-order valence-corrected chi connectivity index (χ2v) is 5.95. The summed E-state index contributed by atoms with van der Waals surface area (Å²) in [5, 5.41) is 0. The van der Waals surface area contributed by atoms with Crippen LogP contribution < -0.4 is 0 Å². The van der Waals surface area contributed by atoms with Crippen molar-refractivity contribution in [3.05, 3.63) is 66.2 Å². The van der Waals surface area contributed by atoms with Gasteiger partial charge in [0.1, 0.15) is 0 Å². The molecule has 1 atom stereocenters. The molecule has 0 aromatic heterocycles. The summed E-state index contributed by atoms with van der Waals surface area (Å²) in [7, 11) is 0. The topological polar surface area (TPSA) is 21.6 Å². The summed E-state index contributed by atoms with van der Waals surface area (Å²) in [6, 6.07) is 20.8. The summed E-state index contributed by atoms with van der Waals surface area (Å²) < 4.78 is 6.09. The van der Waals surface area contributed by atoms with Crippen molar-refractivity contribution in [2.45, 2.75) is 17.4 Å². The monoisotopic (exact) mass is 283 g/mol. The van der Waals surface area contributed by atoms with Gasteiger partial charge in [-0.05, 0) is 17.7 Å². The van der Waals surface area contributed by atoms with E-state index in [0.29, 0.717) is 6.54 Å². The van der Waals surface area contributed by atoms with E-state index in [0.717, 1.165) is 11.7 Å². The molecule has 0 aliphatic carbocycles. The summed E-state index contributed by atoms with van der Waals surface area (Å²) in [6.45, 7) is 2.63. The molecule has 0 radical (unpaired) electrons. The first kappa shape index (κ1) is 13.3. The number of nitrogens with zero attached hydrogens (tertiary/aromatic N) is 1. The summed E-state index contributed by atoms with van der Waals surface area (Å²) in [5.74, 6) is 1.64. The van der Waals surface area contributed by atoms with Crippen molar-refractivity contribution in [3.8, 4) is 0 Å². The molecular formula is C17H17NOS. The molecule has 3 rings (SSSR count). The molecule has 0 bridgehead atoms. The van der Waals surface area contributed by atoms with Crippen molar-refractivity contribution in [2.75, 3.05) is 12.3 Å². The second kappa shape index (κ2) is 5.71. The Morgan fingerprint density at radius 1 is 1.05 bits per heavy atom. The lowest BCUT2D eigenvalue weighted by Gasteiger charge is -2.28. The Kier molecular flexibility index (Phi) is 3.79. The van der Waals surface area contributed by atoms with Crippen LogP contribution in [0.2, 0.25) is 0 Å². The van der Waals surface area contributed by atoms with E-state index in [1.807, 2.05) is 30.8 Å². The van der Waals surface area contributed by atoms with Gasteiger partial charge in [0.25, 0.3) is 0 Å². The average Bonchev–Trinajstić information content (AvgIpc) is 2.90. The van der Waals surface area contributed by atoms with Crippen LogP contribution in [0, 0.1) is 0 Å². The van der Waals surface area contributed by atoms with Crippen LogP contribution in [0.1, 0.15) is 12.5 Å². The molecule has 0 saturated heterocycles. The first-order valence-corrected chi connectivity index (χ1v) is 7.70. The molecule has 2 aromatic carbocycles. The quantitative estimate of drug-likeness (QED) is 0.787. The highest BCUT2D eigenvalue weighted by atomic mass is 32.2. The van der Waals surface area contributed by atoms with E-state index in [-0.39, 0.29) is 5.60 Å². The number of aliphatic imine (C=N–C) groups is 1. The normalized spacial score (nSPS) is 21.4. The third kappa shape index (κ3) is 2.73. The van der Waals surface area contributed by atoms with Crippen LogP contribution in [-0.2, 0) is 10.3 Å². The largest absolute Gasteiger partial charge is 0.467 e. The number of hydrogen-bond acceptors (Lipinski definition) is 3. The predicted molar refractivity (Wildman–Crippen MR) is 84.3 cm³/mol. The van der Waals surface area contributed by atoms with E-state index in [4.69, 9.17) is 4.74 Å². The number of thioether (sulfide) groups is 1. The Morgan fingerprint density at radius 2 is 1.70 bits per heavy atom. The van der Waals surface area contributed by atoms with Crippen LogP contribution >= 0.6 is 11.8 Å². The molecule has 1 unspecified atom stereocenters. The van der Waals surface area contributed by atoms with Gasteiger partial charge in [0.15, 0.2) is 11.5 Å². The Morgan fingerprint density at radius 3 is 2.30 bits per heavy atom. The van der Waals surface area contributed by atoms with E-state index in [1.54, 1.807) is 0 Å². The Hall–Kier alpha value is -1.74. The third-order valence-corrected chi connectivity index (χ3v) is 4.63. The maximum absolute atomic E-state index is 6.09. The van der Waals surface area contributed by atoms with Crippen LogP contribution in [0.3, 0.4) is 0 Å². The zero-order chi connectivity index (χ0) is 13.8. The summed E-state index contributed by atoms with van der Waals surface area (Å²) >= 11 is 1.82. The van der Waals surface area contributed by atoms with Gasteiger partial charge in [-0.2, -0.15) is 0 Å². The molecule has 2 aromatic rings. The van der Waals surface area contributed by atoms with E-state index in [1.165, 1.54) is 10.5 Å². The molecule has 1 heterocycles. The summed E-state index contributed by atoms with van der Waals surface area (Å²) in [5.41, 5.74) is 0.871. The van der Waals surface area contributed by atoms with Gasteiger partial charge in [0, 0.05) is 17.6 Å². The maximum atomic E-state index is 6.09. The highest BCUT2D eigenvalue weighted by molar-refractivity contribution is 7.99. The van der Waals surface area contributed by atoms with E-state index in [9.17, 15) is 0 Å². The second-order valence-electron chi connectivity index (χ2n) is 4.90. The van der Waals surface area contributed by atoms with Crippen molar-refractivity contribution in [3.63, 3.8) is 0 Å². The summed E-state index contributed by atoms with van der Waals surface area (Å²) in [4.78, 5) is 5.72. The molecule has 102 valence electrons.